The summed E-state index contributed by atoms with van der Waals surface area (Å²) < 4.78 is 0. The van der Waals surface area contributed by atoms with Crippen molar-refractivity contribution in [3.05, 3.63) is 59.8 Å². The Morgan fingerprint density at radius 1 is 0.931 bits per heavy atom. The minimum Gasteiger partial charge on any atom is -0.341 e. The Labute approximate surface area is 169 Å². The number of hydrogen-bond acceptors (Lipinski definition) is 7. The third-order valence-corrected chi connectivity index (χ3v) is 4.66. The van der Waals surface area contributed by atoms with E-state index in [1.165, 1.54) is 19.0 Å². The molecule has 1 aliphatic rings. The summed E-state index contributed by atoms with van der Waals surface area (Å²) in [5, 5.41) is 6.14. The summed E-state index contributed by atoms with van der Waals surface area (Å²) >= 11 is 0. The van der Waals surface area contributed by atoms with Crippen LogP contribution in [0.15, 0.2) is 42.7 Å². The van der Waals surface area contributed by atoms with Crippen molar-refractivity contribution in [2.75, 3.05) is 28.6 Å². The molecule has 29 heavy (non-hydrogen) atoms. The maximum Gasteiger partial charge on any atom is 0.275 e. The van der Waals surface area contributed by atoms with Crippen LogP contribution in [-0.4, -0.2) is 38.9 Å². The first-order chi connectivity index (χ1) is 14.1. The second kappa shape index (κ2) is 8.22. The Morgan fingerprint density at radius 3 is 2.34 bits per heavy atom. The van der Waals surface area contributed by atoms with Gasteiger partial charge in [-0.2, -0.15) is 4.98 Å². The Kier molecular flexibility index (Phi) is 5.33. The molecule has 8 nitrogen and oxygen atoms in total. The molecule has 2 N–H and O–H groups in total. The van der Waals surface area contributed by atoms with E-state index in [0.29, 0.717) is 5.69 Å². The lowest BCUT2D eigenvalue weighted by Crippen LogP contribution is -2.21. The molecule has 4 rings (SSSR count). The van der Waals surface area contributed by atoms with E-state index in [-0.39, 0.29) is 11.6 Å². The van der Waals surface area contributed by atoms with Gasteiger partial charge < -0.3 is 15.5 Å². The summed E-state index contributed by atoms with van der Waals surface area (Å²) in [6, 6.07) is 9.37. The molecule has 1 fully saturated rings. The predicted octanol–water partition coefficient (Wildman–Crippen LogP) is 3.48. The second-order valence-corrected chi connectivity index (χ2v) is 7.09. The molecule has 0 atom stereocenters. The Balaban J connectivity index is 1.43. The summed E-state index contributed by atoms with van der Waals surface area (Å²) in [4.78, 5) is 31.9. The van der Waals surface area contributed by atoms with Gasteiger partial charge in [-0.05, 0) is 51.0 Å². The van der Waals surface area contributed by atoms with Crippen molar-refractivity contribution in [2.24, 2.45) is 0 Å². The minimum atomic E-state index is -0.292. The second-order valence-electron chi connectivity index (χ2n) is 7.09. The van der Waals surface area contributed by atoms with Crippen LogP contribution in [0.5, 0.6) is 0 Å². The number of anilines is 4. The third kappa shape index (κ3) is 4.66. The maximum absolute atomic E-state index is 12.3. The zero-order valence-corrected chi connectivity index (χ0v) is 16.5. The van der Waals surface area contributed by atoms with Crippen molar-refractivity contribution in [1.82, 2.24) is 19.9 Å². The highest BCUT2D eigenvalue weighted by molar-refractivity contribution is 6.02. The standard InChI is InChI=1S/C21H23N7O/c1-14-11-19(27-21(24-14)28-9-3-4-10-28)25-16-5-7-17(8-6-16)26-20(29)18-13-22-15(2)12-23-18/h5-8,11-13H,3-4,9-10H2,1-2H3,(H,26,29)(H,24,25,27). The van der Waals surface area contributed by atoms with Gasteiger partial charge in [0, 0.05) is 42.4 Å². The Bertz CT molecular complexity index is 997. The molecular formula is C21H23N7O. The van der Waals surface area contributed by atoms with Crippen LogP contribution in [0.1, 0.15) is 34.7 Å². The number of nitrogens with zero attached hydrogens (tertiary/aromatic N) is 5. The Hall–Kier alpha value is -3.55. The summed E-state index contributed by atoms with van der Waals surface area (Å²) in [7, 11) is 0. The van der Waals surface area contributed by atoms with Gasteiger partial charge in [-0.15, -0.1) is 0 Å². The van der Waals surface area contributed by atoms with E-state index in [0.717, 1.165) is 41.9 Å². The quantitative estimate of drug-likeness (QED) is 0.690. The first kappa shape index (κ1) is 18.8. The number of nitrogens with one attached hydrogen (secondary N) is 2. The monoisotopic (exact) mass is 389 g/mol. The van der Waals surface area contributed by atoms with Crippen LogP contribution in [0, 0.1) is 13.8 Å². The van der Waals surface area contributed by atoms with E-state index in [9.17, 15) is 4.79 Å². The molecule has 3 heterocycles. The van der Waals surface area contributed by atoms with E-state index in [1.807, 2.05) is 44.2 Å². The summed E-state index contributed by atoms with van der Waals surface area (Å²) in [5.41, 5.74) is 3.53. The summed E-state index contributed by atoms with van der Waals surface area (Å²) in [5.74, 6) is 1.24. The van der Waals surface area contributed by atoms with Crippen molar-refractivity contribution < 1.29 is 4.79 Å². The molecule has 0 saturated carbocycles. The highest BCUT2D eigenvalue weighted by Crippen LogP contribution is 2.22. The van der Waals surface area contributed by atoms with Gasteiger partial charge in [0.2, 0.25) is 5.95 Å². The van der Waals surface area contributed by atoms with Crippen molar-refractivity contribution in [1.29, 1.82) is 0 Å². The number of aryl methyl sites for hydroxylation is 2. The molecule has 0 aliphatic carbocycles. The lowest BCUT2D eigenvalue weighted by Gasteiger charge is -2.17. The molecule has 0 bridgehead atoms. The zero-order valence-electron chi connectivity index (χ0n) is 16.5. The molecular weight excluding hydrogens is 366 g/mol. The predicted molar refractivity (Wildman–Crippen MR) is 113 cm³/mol. The maximum atomic E-state index is 12.3. The van der Waals surface area contributed by atoms with Crippen LogP contribution >= 0.6 is 0 Å². The molecule has 8 heteroatoms. The van der Waals surface area contributed by atoms with E-state index in [2.05, 4.69) is 35.5 Å². The molecule has 0 radical (unpaired) electrons. The number of aromatic nitrogens is 4. The van der Waals surface area contributed by atoms with Gasteiger partial charge in [0.15, 0.2) is 0 Å². The smallest absolute Gasteiger partial charge is 0.275 e. The molecule has 1 amide bonds. The van der Waals surface area contributed by atoms with Crippen molar-refractivity contribution in [3.63, 3.8) is 0 Å². The molecule has 1 aliphatic heterocycles. The van der Waals surface area contributed by atoms with E-state index in [4.69, 9.17) is 0 Å². The fraction of sp³-hybridized carbons (Fsp3) is 0.286. The average Bonchev–Trinajstić information content (AvgIpc) is 3.24. The Morgan fingerprint density at radius 2 is 1.66 bits per heavy atom. The number of carbonyl (C=O) groups excluding carboxylic acids is 1. The van der Waals surface area contributed by atoms with Crippen molar-refractivity contribution >= 4 is 29.0 Å². The molecule has 3 aromatic rings. The van der Waals surface area contributed by atoms with Crippen LogP contribution in [0.3, 0.4) is 0 Å². The fourth-order valence-electron chi connectivity index (χ4n) is 3.17. The topological polar surface area (TPSA) is 95.9 Å². The number of carbonyl (C=O) groups is 1. The fourth-order valence-corrected chi connectivity index (χ4v) is 3.17. The molecule has 1 aromatic carbocycles. The first-order valence-corrected chi connectivity index (χ1v) is 9.64. The lowest BCUT2D eigenvalue weighted by molar-refractivity contribution is 0.102. The van der Waals surface area contributed by atoms with Gasteiger partial charge >= 0.3 is 0 Å². The van der Waals surface area contributed by atoms with Crippen LogP contribution in [-0.2, 0) is 0 Å². The zero-order chi connectivity index (χ0) is 20.2. The van der Waals surface area contributed by atoms with Crippen LogP contribution in [0.2, 0.25) is 0 Å². The van der Waals surface area contributed by atoms with E-state index < -0.39 is 0 Å². The van der Waals surface area contributed by atoms with Crippen LogP contribution in [0.4, 0.5) is 23.1 Å². The highest BCUT2D eigenvalue weighted by atomic mass is 16.1. The number of rotatable bonds is 5. The summed E-state index contributed by atoms with van der Waals surface area (Å²) in [6.45, 7) is 5.80. The van der Waals surface area contributed by atoms with Gasteiger partial charge in [0.1, 0.15) is 11.5 Å². The first-order valence-electron chi connectivity index (χ1n) is 9.64. The lowest BCUT2D eigenvalue weighted by atomic mass is 10.2. The van der Waals surface area contributed by atoms with E-state index in [1.54, 1.807) is 6.20 Å². The van der Waals surface area contributed by atoms with Gasteiger partial charge in [-0.25, -0.2) is 9.97 Å². The van der Waals surface area contributed by atoms with Crippen LogP contribution in [0.25, 0.3) is 0 Å². The van der Waals surface area contributed by atoms with E-state index >= 15 is 0 Å². The largest absolute Gasteiger partial charge is 0.341 e. The summed E-state index contributed by atoms with van der Waals surface area (Å²) in [6.07, 6.45) is 5.40. The normalized spacial score (nSPS) is 13.4. The molecule has 0 unspecified atom stereocenters. The molecule has 1 saturated heterocycles. The minimum absolute atomic E-state index is 0.281. The SMILES string of the molecule is Cc1cnc(C(=O)Nc2ccc(Nc3cc(C)nc(N4CCCC4)n3)cc2)cn1. The van der Waals surface area contributed by atoms with Crippen molar-refractivity contribution in [3.8, 4) is 0 Å². The number of amides is 1. The average molecular weight is 389 g/mol. The molecule has 148 valence electrons. The molecule has 0 spiro atoms. The van der Waals surface area contributed by atoms with Gasteiger partial charge in [-0.1, -0.05) is 0 Å². The number of hydrogen-bond donors (Lipinski definition) is 2. The highest BCUT2D eigenvalue weighted by Gasteiger charge is 2.16. The van der Waals surface area contributed by atoms with Crippen molar-refractivity contribution in [2.45, 2.75) is 26.7 Å². The van der Waals surface area contributed by atoms with Gasteiger partial charge in [-0.3, -0.25) is 9.78 Å². The third-order valence-electron chi connectivity index (χ3n) is 4.66. The van der Waals surface area contributed by atoms with Gasteiger partial charge in [0.25, 0.3) is 5.91 Å². The molecule has 2 aromatic heterocycles. The number of benzene rings is 1. The van der Waals surface area contributed by atoms with Crippen LogP contribution < -0.4 is 15.5 Å². The van der Waals surface area contributed by atoms with Gasteiger partial charge in [0.05, 0.1) is 11.9 Å².